The average Bonchev–Trinajstić information content (AvgIpc) is 2.91. The first-order valence-electron chi connectivity index (χ1n) is 8.07. The topological polar surface area (TPSA) is 64.7 Å². The molecule has 120 valence electrons. The summed E-state index contributed by atoms with van der Waals surface area (Å²) < 4.78 is 0. The maximum absolute atomic E-state index is 12.2. The van der Waals surface area contributed by atoms with Crippen LogP contribution in [0.3, 0.4) is 0 Å². The van der Waals surface area contributed by atoms with Gasteiger partial charge in [-0.25, -0.2) is 0 Å². The minimum atomic E-state index is 0.0694. The van der Waals surface area contributed by atoms with E-state index in [2.05, 4.69) is 15.5 Å². The first-order chi connectivity index (χ1) is 10.0. The number of hydrogen-bond acceptors (Lipinski definition) is 4. The normalized spacial score (nSPS) is 23.6. The van der Waals surface area contributed by atoms with Crippen LogP contribution in [0.4, 0.5) is 0 Å². The van der Waals surface area contributed by atoms with Crippen molar-refractivity contribution in [2.24, 2.45) is 0 Å². The van der Waals surface area contributed by atoms with Gasteiger partial charge in [0.15, 0.2) is 0 Å². The predicted octanol–water partition coefficient (Wildman–Crippen LogP) is -0.203. The fourth-order valence-corrected chi connectivity index (χ4v) is 3.00. The van der Waals surface area contributed by atoms with Crippen LogP contribution in [0.15, 0.2) is 0 Å². The number of carbonyl (C=O) groups is 2. The fraction of sp³-hybridized carbons (Fsp3) is 0.867. The van der Waals surface area contributed by atoms with E-state index in [1.54, 1.807) is 0 Å². The quantitative estimate of drug-likeness (QED) is 0.737. The Labute approximate surface area is 127 Å². The third-order valence-electron chi connectivity index (χ3n) is 4.13. The van der Waals surface area contributed by atoms with Gasteiger partial charge in [-0.1, -0.05) is 0 Å². The Morgan fingerprint density at radius 1 is 1.24 bits per heavy atom. The molecule has 2 rings (SSSR count). The van der Waals surface area contributed by atoms with Crippen molar-refractivity contribution in [1.29, 1.82) is 0 Å². The van der Waals surface area contributed by atoms with Gasteiger partial charge in [-0.2, -0.15) is 0 Å². The Morgan fingerprint density at radius 2 is 1.95 bits per heavy atom. The van der Waals surface area contributed by atoms with Gasteiger partial charge in [0.25, 0.3) is 0 Å². The summed E-state index contributed by atoms with van der Waals surface area (Å²) in [5.74, 6) is 0.320. The molecule has 0 aromatic rings. The maximum Gasteiger partial charge on any atom is 0.234 e. The molecule has 1 atom stereocenters. The summed E-state index contributed by atoms with van der Waals surface area (Å²) in [6, 6.07) is 0.548. The molecule has 2 amide bonds. The third kappa shape index (κ3) is 5.28. The highest BCUT2D eigenvalue weighted by Gasteiger charge is 2.25. The molecule has 0 bridgehead atoms. The van der Waals surface area contributed by atoms with Gasteiger partial charge in [0.2, 0.25) is 11.8 Å². The zero-order chi connectivity index (χ0) is 15.2. The van der Waals surface area contributed by atoms with Gasteiger partial charge in [0.05, 0.1) is 6.54 Å². The third-order valence-corrected chi connectivity index (χ3v) is 4.13. The van der Waals surface area contributed by atoms with Crippen molar-refractivity contribution in [1.82, 2.24) is 20.4 Å². The summed E-state index contributed by atoms with van der Waals surface area (Å²) in [6.07, 6.45) is 2.91. The summed E-state index contributed by atoms with van der Waals surface area (Å²) in [5.41, 5.74) is 0. The van der Waals surface area contributed by atoms with Crippen LogP contribution in [0.1, 0.15) is 33.1 Å². The Bertz CT molecular complexity index is 359. The molecule has 6 nitrogen and oxygen atoms in total. The van der Waals surface area contributed by atoms with E-state index >= 15 is 0 Å². The van der Waals surface area contributed by atoms with Gasteiger partial charge in [0.1, 0.15) is 0 Å². The molecule has 2 aliphatic heterocycles. The lowest BCUT2D eigenvalue weighted by atomic mass is 10.1. The van der Waals surface area contributed by atoms with Gasteiger partial charge in [0, 0.05) is 44.7 Å². The molecule has 0 aliphatic carbocycles. The number of amides is 2. The number of nitrogens with one attached hydrogen (secondary N) is 2. The zero-order valence-electron chi connectivity index (χ0n) is 13.2. The summed E-state index contributed by atoms with van der Waals surface area (Å²) >= 11 is 0. The van der Waals surface area contributed by atoms with Crippen LogP contribution < -0.4 is 10.6 Å². The van der Waals surface area contributed by atoms with E-state index in [9.17, 15) is 9.59 Å². The molecule has 1 unspecified atom stereocenters. The maximum atomic E-state index is 12.2. The van der Waals surface area contributed by atoms with Crippen LogP contribution in [-0.4, -0.2) is 73.0 Å². The monoisotopic (exact) mass is 296 g/mol. The largest absolute Gasteiger partial charge is 0.353 e. The molecule has 2 N–H and O–H groups in total. The molecule has 2 saturated heterocycles. The number of carbonyl (C=O) groups excluding carboxylic acids is 2. The molecule has 2 aliphatic rings. The second kappa shape index (κ2) is 7.75. The Kier molecular flexibility index (Phi) is 5.99. The van der Waals surface area contributed by atoms with Gasteiger partial charge in [-0.3, -0.25) is 14.5 Å². The average molecular weight is 296 g/mol. The van der Waals surface area contributed by atoms with Crippen LogP contribution in [-0.2, 0) is 9.59 Å². The van der Waals surface area contributed by atoms with Crippen molar-refractivity contribution in [3.8, 4) is 0 Å². The van der Waals surface area contributed by atoms with Crippen molar-refractivity contribution in [2.75, 3.05) is 39.3 Å². The highest BCUT2D eigenvalue weighted by atomic mass is 16.2. The van der Waals surface area contributed by atoms with E-state index in [0.717, 1.165) is 39.1 Å². The van der Waals surface area contributed by atoms with Crippen LogP contribution in [0.5, 0.6) is 0 Å². The van der Waals surface area contributed by atoms with Crippen molar-refractivity contribution in [2.45, 2.75) is 45.2 Å². The number of nitrogens with zero attached hydrogens (tertiary/aromatic N) is 2. The predicted molar refractivity (Wildman–Crippen MR) is 81.9 cm³/mol. The fourth-order valence-electron chi connectivity index (χ4n) is 3.00. The van der Waals surface area contributed by atoms with Gasteiger partial charge >= 0.3 is 0 Å². The van der Waals surface area contributed by atoms with Gasteiger partial charge in [-0.15, -0.1) is 0 Å². The molecule has 2 heterocycles. The zero-order valence-corrected chi connectivity index (χ0v) is 13.2. The molecule has 21 heavy (non-hydrogen) atoms. The summed E-state index contributed by atoms with van der Waals surface area (Å²) in [5, 5.41) is 6.27. The Morgan fingerprint density at radius 3 is 2.52 bits per heavy atom. The van der Waals surface area contributed by atoms with Crippen LogP contribution in [0.25, 0.3) is 0 Å². The van der Waals surface area contributed by atoms with E-state index < -0.39 is 0 Å². The standard InChI is InChI=1S/C15H28N4O2/c1-12(2)17-14(20)11-18-6-8-19(9-7-18)15(21)10-13-4-3-5-16-13/h12-13,16H,3-11H2,1-2H3,(H,17,20). The molecule has 0 saturated carbocycles. The van der Waals surface area contributed by atoms with Gasteiger partial charge in [-0.05, 0) is 33.2 Å². The highest BCUT2D eigenvalue weighted by Crippen LogP contribution is 2.12. The molecule has 0 aromatic carbocycles. The smallest absolute Gasteiger partial charge is 0.234 e. The number of rotatable bonds is 5. The summed E-state index contributed by atoms with van der Waals surface area (Å²) in [7, 11) is 0. The molecule has 0 aromatic heterocycles. The lowest BCUT2D eigenvalue weighted by Gasteiger charge is -2.35. The lowest BCUT2D eigenvalue weighted by Crippen LogP contribution is -2.52. The van der Waals surface area contributed by atoms with E-state index in [1.165, 1.54) is 6.42 Å². The van der Waals surface area contributed by atoms with E-state index in [0.29, 0.717) is 19.0 Å². The van der Waals surface area contributed by atoms with Crippen molar-refractivity contribution in [3.05, 3.63) is 0 Å². The highest BCUT2D eigenvalue weighted by molar-refractivity contribution is 5.78. The van der Waals surface area contributed by atoms with E-state index in [4.69, 9.17) is 0 Å². The second-order valence-electron chi connectivity index (χ2n) is 6.38. The van der Waals surface area contributed by atoms with E-state index in [1.807, 2.05) is 18.7 Å². The summed E-state index contributed by atoms with van der Waals surface area (Å²) in [6.45, 7) is 8.45. The number of hydrogen-bond donors (Lipinski definition) is 2. The van der Waals surface area contributed by atoms with Crippen molar-refractivity contribution < 1.29 is 9.59 Å². The molecule has 0 radical (unpaired) electrons. The molecule has 6 heteroatoms. The lowest BCUT2D eigenvalue weighted by molar-refractivity contribution is -0.133. The first-order valence-corrected chi connectivity index (χ1v) is 8.07. The SMILES string of the molecule is CC(C)NC(=O)CN1CCN(C(=O)CC2CCCN2)CC1. The van der Waals surface area contributed by atoms with Gasteiger partial charge < -0.3 is 15.5 Å². The van der Waals surface area contributed by atoms with Crippen LogP contribution >= 0.6 is 0 Å². The minimum Gasteiger partial charge on any atom is -0.353 e. The molecular weight excluding hydrogens is 268 g/mol. The first kappa shape index (κ1) is 16.2. The summed E-state index contributed by atoms with van der Waals surface area (Å²) in [4.78, 5) is 28.0. The van der Waals surface area contributed by atoms with Crippen LogP contribution in [0, 0.1) is 0 Å². The Hall–Kier alpha value is -1.14. The Balaban J connectivity index is 1.67. The number of piperazine rings is 1. The molecule has 2 fully saturated rings. The van der Waals surface area contributed by atoms with E-state index in [-0.39, 0.29) is 17.9 Å². The minimum absolute atomic E-state index is 0.0694. The van der Waals surface area contributed by atoms with Crippen LogP contribution in [0.2, 0.25) is 0 Å². The molecular formula is C15H28N4O2. The molecule has 0 spiro atoms. The van der Waals surface area contributed by atoms with Crippen molar-refractivity contribution >= 4 is 11.8 Å². The second-order valence-corrected chi connectivity index (χ2v) is 6.38. The van der Waals surface area contributed by atoms with Crippen molar-refractivity contribution in [3.63, 3.8) is 0 Å².